The third-order valence-corrected chi connectivity index (χ3v) is 3.59. The van der Waals surface area contributed by atoms with Crippen LogP contribution >= 0.6 is 0 Å². The minimum atomic E-state index is 0.251. The number of rotatable bonds is 3. The highest BCUT2D eigenvalue weighted by atomic mass is 16.1. The first-order chi connectivity index (χ1) is 6.16. The molecule has 0 amide bonds. The van der Waals surface area contributed by atoms with Crippen molar-refractivity contribution in [3.8, 4) is 0 Å². The van der Waals surface area contributed by atoms with Gasteiger partial charge in [-0.2, -0.15) is 0 Å². The molecule has 1 saturated carbocycles. The highest BCUT2D eigenvalue weighted by Gasteiger charge is 2.48. The number of carbonyl (C=O) groups is 1. The van der Waals surface area contributed by atoms with Gasteiger partial charge in [-0.25, -0.2) is 0 Å². The van der Waals surface area contributed by atoms with Crippen molar-refractivity contribution in [2.75, 3.05) is 0 Å². The van der Waals surface area contributed by atoms with E-state index in [1.54, 1.807) is 0 Å². The van der Waals surface area contributed by atoms with Gasteiger partial charge in [0.2, 0.25) is 0 Å². The maximum Gasteiger partial charge on any atom is 0.123 e. The van der Waals surface area contributed by atoms with Crippen molar-refractivity contribution in [1.29, 1.82) is 0 Å². The smallest absolute Gasteiger partial charge is 0.123 e. The number of hydrogen-bond donors (Lipinski definition) is 0. The Labute approximate surface area is 80.2 Å². The van der Waals surface area contributed by atoms with Gasteiger partial charge in [0.15, 0.2) is 0 Å². The molecule has 0 aromatic carbocycles. The summed E-state index contributed by atoms with van der Waals surface area (Å²) < 4.78 is 0. The van der Waals surface area contributed by atoms with Crippen molar-refractivity contribution in [2.24, 2.45) is 23.2 Å². The summed E-state index contributed by atoms with van der Waals surface area (Å²) in [6.07, 6.45) is 9.35. The average molecular weight is 178 g/mol. The minimum Gasteiger partial charge on any atom is -0.303 e. The molecular formula is C12H18O. The highest BCUT2D eigenvalue weighted by molar-refractivity contribution is 5.58. The van der Waals surface area contributed by atoms with E-state index in [4.69, 9.17) is 0 Å². The Bertz CT molecular complexity index is 242. The van der Waals surface area contributed by atoms with Gasteiger partial charge in [0, 0.05) is 5.92 Å². The minimum absolute atomic E-state index is 0.251. The second-order valence-electron chi connectivity index (χ2n) is 5.13. The monoisotopic (exact) mass is 178 g/mol. The largest absolute Gasteiger partial charge is 0.303 e. The molecule has 3 unspecified atom stereocenters. The molecule has 0 radical (unpaired) electrons. The number of fused-ring (bicyclic) bond motifs is 2. The van der Waals surface area contributed by atoms with E-state index in [9.17, 15) is 4.79 Å². The molecule has 0 aromatic heterocycles. The molecule has 72 valence electrons. The molecule has 1 fully saturated rings. The van der Waals surface area contributed by atoms with Gasteiger partial charge in [0.05, 0.1) is 0 Å². The molecule has 1 nitrogen and oxygen atoms in total. The predicted molar refractivity (Wildman–Crippen MR) is 53.3 cm³/mol. The van der Waals surface area contributed by atoms with Crippen molar-refractivity contribution in [2.45, 2.75) is 33.1 Å². The third-order valence-electron chi connectivity index (χ3n) is 3.59. The fourth-order valence-electron chi connectivity index (χ4n) is 3.20. The van der Waals surface area contributed by atoms with Gasteiger partial charge in [-0.1, -0.05) is 26.0 Å². The van der Waals surface area contributed by atoms with Gasteiger partial charge < -0.3 is 4.79 Å². The molecule has 2 bridgehead atoms. The molecule has 0 spiro atoms. The molecule has 0 saturated heterocycles. The van der Waals surface area contributed by atoms with Crippen LogP contribution in [0.1, 0.15) is 33.1 Å². The fraction of sp³-hybridized carbons (Fsp3) is 0.750. The lowest BCUT2D eigenvalue weighted by Crippen LogP contribution is -2.25. The molecule has 0 aliphatic heterocycles. The molecule has 2 aliphatic carbocycles. The molecule has 1 heteroatoms. The van der Waals surface area contributed by atoms with Crippen molar-refractivity contribution in [3.05, 3.63) is 12.2 Å². The van der Waals surface area contributed by atoms with E-state index in [1.807, 2.05) is 0 Å². The lowest BCUT2D eigenvalue weighted by Gasteiger charge is -2.30. The highest BCUT2D eigenvalue weighted by Crippen LogP contribution is 2.55. The van der Waals surface area contributed by atoms with Crippen LogP contribution in [0.4, 0.5) is 0 Å². The van der Waals surface area contributed by atoms with Crippen molar-refractivity contribution in [1.82, 2.24) is 0 Å². The SMILES string of the molecule is CC(C)CC12C=CC(CC1C=O)C2. The predicted octanol–water partition coefficient (Wildman–Crippen LogP) is 2.81. The second kappa shape index (κ2) is 2.97. The average Bonchev–Trinajstić information content (AvgIpc) is 2.58. The number of aldehydes is 1. The van der Waals surface area contributed by atoms with Crippen LogP contribution in [0.3, 0.4) is 0 Å². The van der Waals surface area contributed by atoms with E-state index in [1.165, 1.54) is 19.1 Å². The summed E-state index contributed by atoms with van der Waals surface area (Å²) in [7, 11) is 0. The van der Waals surface area contributed by atoms with E-state index >= 15 is 0 Å². The Balaban J connectivity index is 2.18. The van der Waals surface area contributed by atoms with E-state index in [0.717, 1.165) is 6.42 Å². The summed E-state index contributed by atoms with van der Waals surface area (Å²) in [5.74, 6) is 1.71. The van der Waals surface area contributed by atoms with Gasteiger partial charge in [-0.05, 0) is 36.5 Å². The van der Waals surface area contributed by atoms with Gasteiger partial charge in [-0.3, -0.25) is 0 Å². The molecule has 3 atom stereocenters. The molecular weight excluding hydrogens is 160 g/mol. The van der Waals surface area contributed by atoms with Crippen molar-refractivity contribution < 1.29 is 4.79 Å². The first kappa shape index (κ1) is 8.98. The number of carbonyl (C=O) groups excluding carboxylic acids is 1. The van der Waals surface area contributed by atoms with Gasteiger partial charge in [0.25, 0.3) is 0 Å². The van der Waals surface area contributed by atoms with E-state index in [-0.39, 0.29) is 5.41 Å². The molecule has 0 N–H and O–H groups in total. The molecule has 13 heavy (non-hydrogen) atoms. The van der Waals surface area contributed by atoms with Crippen LogP contribution in [0.2, 0.25) is 0 Å². The third kappa shape index (κ3) is 1.34. The summed E-state index contributed by atoms with van der Waals surface area (Å²) in [6, 6.07) is 0. The Morgan fingerprint density at radius 3 is 2.92 bits per heavy atom. The summed E-state index contributed by atoms with van der Waals surface area (Å²) in [4.78, 5) is 10.9. The lowest BCUT2D eigenvalue weighted by atomic mass is 9.73. The first-order valence-corrected chi connectivity index (χ1v) is 5.31. The Morgan fingerprint density at radius 2 is 2.38 bits per heavy atom. The van der Waals surface area contributed by atoms with E-state index < -0.39 is 0 Å². The van der Waals surface area contributed by atoms with E-state index in [2.05, 4.69) is 26.0 Å². The Kier molecular flexibility index (Phi) is 2.05. The molecule has 2 rings (SSSR count). The summed E-state index contributed by atoms with van der Waals surface area (Å²) in [5.41, 5.74) is 0.251. The van der Waals surface area contributed by atoms with Gasteiger partial charge >= 0.3 is 0 Å². The zero-order valence-electron chi connectivity index (χ0n) is 8.49. The normalized spacial score (nSPS) is 41.8. The van der Waals surface area contributed by atoms with Crippen LogP contribution in [0.5, 0.6) is 0 Å². The fourth-order valence-corrected chi connectivity index (χ4v) is 3.20. The topological polar surface area (TPSA) is 17.1 Å². The molecule has 0 heterocycles. The Morgan fingerprint density at radius 1 is 1.62 bits per heavy atom. The van der Waals surface area contributed by atoms with Gasteiger partial charge in [-0.15, -0.1) is 0 Å². The van der Waals surface area contributed by atoms with Crippen LogP contribution < -0.4 is 0 Å². The van der Waals surface area contributed by atoms with Crippen LogP contribution in [0, 0.1) is 23.2 Å². The maximum absolute atomic E-state index is 10.9. The second-order valence-corrected chi connectivity index (χ2v) is 5.13. The Hall–Kier alpha value is -0.590. The number of allylic oxidation sites excluding steroid dienone is 2. The van der Waals surface area contributed by atoms with Crippen molar-refractivity contribution >= 4 is 6.29 Å². The van der Waals surface area contributed by atoms with Crippen molar-refractivity contribution in [3.63, 3.8) is 0 Å². The van der Waals surface area contributed by atoms with Gasteiger partial charge in [0.1, 0.15) is 6.29 Å². The van der Waals surface area contributed by atoms with E-state index in [0.29, 0.717) is 17.8 Å². The van der Waals surface area contributed by atoms with Crippen LogP contribution in [-0.4, -0.2) is 6.29 Å². The summed E-state index contributed by atoms with van der Waals surface area (Å²) >= 11 is 0. The zero-order chi connectivity index (χ0) is 9.47. The summed E-state index contributed by atoms with van der Waals surface area (Å²) in [5, 5.41) is 0. The molecule has 0 aromatic rings. The lowest BCUT2D eigenvalue weighted by molar-refractivity contribution is -0.113. The zero-order valence-corrected chi connectivity index (χ0v) is 8.49. The number of hydrogen-bond acceptors (Lipinski definition) is 1. The van der Waals surface area contributed by atoms with Crippen LogP contribution in [-0.2, 0) is 4.79 Å². The van der Waals surface area contributed by atoms with Crippen LogP contribution in [0.15, 0.2) is 12.2 Å². The summed E-state index contributed by atoms with van der Waals surface area (Å²) in [6.45, 7) is 4.49. The standard InChI is InChI=1S/C12H18O/c1-9(2)6-12-4-3-10(7-12)5-11(12)8-13/h3-4,8-11H,5-7H2,1-2H3. The maximum atomic E-state index is 10.9. The quantitative estimate of drug-likeness (QED) is 0.480. The molecule has 2 aliphatic rings. The first-order valence-electron chi connectivity index (χ1n) is 5.31. The van der Waals surface area contributed by atoms with Crippen LogP contribution in [0.25, 0.3) is 0 Å².